The monoisotopic (exact) mass is 573 g/mol. The molecule has 0 aromatic rings. The second kappa shape index (κ2) is 22.5. The minimum atomic E-state index is 0.662. The standard InChI is InChI=1S/C40H76O/c1-3-5-7-9-11-13-15-17-19-21-23-25-27-29-33-40(35-36-31-32-37(40)39-38(36)41-39)34-30-28-26-24-22-20-18-16-14-12-10-8-6-4-2/h36-39H,3-35H2,1-2H3. The number of hydrogen-bond acceptors (Lipinski definition) is 1. The van der Waals surface area contributed by atoms with E-state index in [1.165, 1.54) is 212 Å². The molecule has 2 bridgehead atoms. The lowest BCUT2D eigenvalue weighted by Gasteiger charge is -2.50. The molecular formula is C40H76O. The minimum Gasteiger partial charge on any atom is -0.369 e. The Kier molecular flexibility index (Phi) is 19.4. The van der Waals surface area contributed by atoms with E-state index in [1.807, 2.05) is 0 Å². The van der Waals surface area contributed by atoms with E-state index in [0.29, 0.717) is 17.6 Å². The molecule has 3 aliphatic carbocycles. The van der Waals surface area contributed by atoms with E-state index in [9.17, 15) is 0 Å². The number of rotatable bonds is 30. The Morgan fingerprint density at radius 2 is 0.756 bits per heavy atom. The molecule has 4 fully saturated rings. The molecule has 4 unspecified atom stereocenters. The summed E-state index contributed by atoms with van der Waals surface area (Å²) >= 11 is 0. The van der Waals surface area contributed by atoms with E-state index >= 15 is 0 Å². The highest BCUT2D eigenvalue weighted by atomic mass is 16.6. The highest BCUT2D eigenvalue weighted by Crippen LogP contribution is 2.63. The fraction of sp³-hybridized carbons (Fsp3) is 1.00. The molecule has 1 saturated heterocycles. The first-order valence-electron chi connectivity index (χ1n) is 20.0. The number of fused-ring (bicyclic) bond motifs is 2. The zero-order valence-corrected chi connectivity index (χ0v) is 28.6. The molecule has 41 heavy (non-hydrogen) atoms. The molecule has 1 aliphatic heterocycles. The Balaban J connectivity index is 1.18. The van der Waals surface area contributed by atoms with Crippen LogP contribution in [0.4, 0.5) is 0 Å². The van der Waals surface area contributed by atoms with Crippen molar-refractivity contribution in [2.75, 3.05) is 0 Å². The zero-order valence-electron chi connectivity index (χ0n) is 28.6. The van der Waals surface area contributed by atoms with E-state index in [4.69, 9.17) is 4.74 Å². The molecule has 0 spiro atoms. The van der Waals surface area contributed by atoms with Gasteiger partial charge in [-0.2, -0.15) is 0 Å². The quantitative estimate of drug-likeness (QED) is 0.0616. The first-order valence-corrected chi connectivity index (χ1v) is 20.0. The van der Waals surface area contributed by atoms with E-state index in [-0.39, 0.29) is 0 Å². The second-order valence-corrected chi connectivity index (χ2v) is 15.3. The fourth-order valence-electron chi connectivity index (χ4n) is 9.15. The van der Waals surface area contributed by atoms with Gasteiger partial charge in [0.05, 0.1) is 12.2 Å². The van der Waals surface area contributed by atoms with Gasteiger partial charge in [0.25, 0.3) is 0 Å². The van der Waals surface area contributed by atoms with E-state index in [0.717, 1.165) is 11.8 Å². The van der Waals surface area contributed by atoms with Crippen molar-refractivity contribution in [3.05, 3.63) is 0 Å². The summed E-state index contributed by atoms with van der Waals surface area (Å²) in [5, 5.41) is 0. The Hall–Kier alpha value is -0.0400. The molecule has 0 aromatic heterocycles. The largest absolute Gasteiger partial charge is 0.369 e. The van der Waals surface area contributed by atoms with Crippen LogP contribution in [0.15, 0.2) is 0 Å². The molecule has 4 aliphatic rings. The lowest BCUT2D eigenvalue weighted by molar-refractivity contribution is 0.00411. The normalized spacial score (nSPS) is 24.1. The molecule has 4 atom stereocenters. The summed E-state index contributed by atoms with van der Waals surface area (Å²) < 4.78 is 6.27. The van der Waals surface area contributed by atoms with Gasteiger partial charge in [-0.25, -0.2) is 0 Å². The van der Waals surface area contributed by atoms with Crippen molar-refractivity contribution < 1.29 is 4.74 Å². The third-order valence-electron chi connectivity index (χ3n) is 11.8. The van der Waals surface area contributed by atoms with Crippen LogP contribution in [0.2, 0.25) is 0 Å². The summed E-state index contributed by atoms with van der Waals surface area (Å²) in [7, 11) is 0. The molecule has 4 rings (SSSR count). The summed E-state index contributed by atoms with van der Waals surface area (Å²) in [5.41, 5.74) is 0.662. The maximum absolute atomic E-state index is 6.27. The second-order valence-electron chi connectivity index (χ2n) is 15.3. The van der Waals surface area contributed by atoms with Crippen molar-refractivity contribution in [2.45, 2.75) is 238 Å². The van der Waals surface area contributed by atoms with Crippen LogP contribution >= 0.6 is 0 Å². The van der Waals surface area contributed by atoms with Crippen molar-refractivity contribution >= 4 is 0 Å². The maximum atomic E-state index is 6.27. The van der Waals surface area contributed by atoms with Crippen molar-refractivity contribution in [1.29, 1.82) is 0 Å². The topological polar surface area (TPSA) is 12.5 Å². The summed E-state index contributed by atoms with van der Waals surface area (Å²) in [4.78, 5) is 0. The number of hydrogen-bond donors (Lipinski definition) is 0. The van der Waals surface area contributed by atoms with Gasteiger partial charge in [0, 0.05) is 0 Å². The van der Waals surface area contributed by atoms with Crippen LogP contribution in [0.5, 0.6) is 0 Å². The van der Waals surface area contributed by atoms with Crippen molar-refractivity contribution in [2.24, 2.45) is 17.3 Å². The number of unbranched alkanes of at least 4 members (excludes halogenated alkanes) is 26. The molecule has 0 N–H and O–H groups in total. The number of ether oxygens (including phenoxy) is 1. The van der Waals surface area contributed by atoms with E-state index in [2.05, 4.69) is 13.8 Å². The lowest BCUT2D eigenvalue weighted by atomic mass is 9.53. The average molecular weight is 573 g/mol. The van der Waals surface area contributed by atoms with Crippen LogP contribution in [-0.4, -0.2) is 12.2 Å². The third kappa shape index (κ3) is 14.1. The van der Waals surface area contributed by atoms with Gasteiger partial charge in [0.15, 0.2) is 0 Å². The van der Waals surface area contributed by atoms with Gasteiger partial charge >= 0.3 is 0 Å². The Labute approximate surface area is 259 Å². The number of epoxide rings is 1. The fourth-order valence-corrected chi connectivity index (χ4v) is 9.15. The highest BCUT2D eigenvalue weighted by Gasteiger charge is 2.63. The molecule has 1 nitrogen and oxygen atoms in total. The van der Waals surface area contributed by atoms with Gasteiger partial charge in [-0.05, 0) is 49.4 Å². The van der Waals surface area contributed by atoms with Gasteiger partial charge in [-0.15, -0.1) is 0 Å². The molecular weight excluding hydrogens is 496 g/mol. The first kappa shape index (κ1) is 35.4. The maximum Gasteiger partial charge on any atom is 0.0878 e. The smallest absolute Gasteiger partial charge is 0.0878 e. The van der Waals surface area contributed by atoms with Crippen LogP contribution in [0.1, 0.15) is 226 Å². The van der Waals surface area contributed by atoms with Crippen LogP contribution in [0, 0.1) is 17.3 Å². The molecule has 0 aromatic carbocycles. The van der Waals surface area contributed by atoms with Crippen molar-refractivity contribution in [3.8, 4) is 0 Å². The van der Waals surface area contributed by atoms with Crippen LogP contribution in [0.25, 0.3) is 0 Å². The first-order chi connectivity index (χ1) is 20.3. The lowest BCUT2D eigenvalue weighted by Crippen LogP contribution is -2.46. The summed E-state index contributed by atoms with van der Waals surface area (Å²) in [6.45, 7) is 4.63. The van der Waals surface area contributed by atoms with Gasteiger partial charge < -0.3 is 4.74 Å². The molecule has 242 valence electrons. The van der Waals surface area contributed by atoms with Gasteiger partial charge in [-0.3, -0.25) is 0 Å². The van der Waals surface area contributed by atoms with Crippen molar-refractivity contribution in [3.63, 3.8) is 0 Å². The molecule has 0 amide bonds. The van der Waals surface area contributed by atoms with E-state index in [1.54, 1.807) is 0 Å². The third-order valence-corrected chi connectivity index (χ3v) is 11.8. The molecule has 3 saturated carbocycles. The van der Waals surface area contributed by atoms with Crippen molar-refractivity contribution in [1.82, 2.24) is 0 Å². The predicted molar refractivity (Wildman–Crippen MR) is 182 cm³/mol. The summed E-state index contributed by atoms with van der Waals surface area (Å²) in [6, 6.07) is 0. The highest BCUT2D eigenvalue weighted by molar-refractivity contribution is 5.11. The molecule has 0 radical (unpaired) electrons. The Bertz CT molecular complexity index is 566. The zero-order chi connectivity index (χ0) is 28.9. The SMILES string of the molecule is CCCCCCCCCCCCCCCCC1(CCCCCCCCCCCCCCCC)CC2CCC1C1OC21. The van der Waals surface area contributed by atoms with Crippen LogP contribution in [-0.2, 0) is 4.74 Å². The van der Waals surface area contributed by atoms with Gasteiger partial charge in [0.2, 0.25) is 0 Å². The Morgan fingerprint density at radius 1 is 0.415 bits per heavy atom. The Morgan fingerprint density at radius 3 is 1.10 bits per heavy atom. The van der Waals surface area contributed by atoms with Crippen LogP contribution in [0.3, 0.4) is 0 Å². The molecule has 1 heteroatoms. The van der Waals surface area contributed by atoms with Crippen LogP contribution < -0.4 is 0 Å². The molecule has 1 heterocycles. The summed E-state index contributed by atoms with van der Waals surface area (Å²) in [5.74, 6) is 1.84. The average Bonchev–Trinajstić information content (AvgIpc) is 3.81. The summed E-state index contributed by atoms with van der Waals surface area (Å²) in [6.07, 6.45) is 50.2. The predicted octanol–water partition coefficient (Wildman–Crippen LogP) is 13.9. The minimum absolute atomic E-state index is 0.662. The van der Waals surface area contributed by atoms with Gasteiger partial charge in [0.1, 0.15) is 0 Å². The van der Waals surface area contributed by atoms with E-state index < -0.39 is 0 Å². The van der Waals surface area contributed by atoms with Gasteiger partial charge in [-0.1, -0.05) is 194 Å².